The second-order valence-corrected chi connectivity index (χ2v) is 8.74. The summed E-state index contributed by atoms with van der Waals surface area (Å²) in [6.45, 7) is 14.9. The summed E-state index contributed by atoms with van der Waals surface area (Å²) in [7, 11) is 0. The van der Waals surface area contributed by atoms with Crippen LogP contribution in [0.25, 0.3) is 0 Å². The number of pyridine rings is 1. The number of nitriles is 1. The van der Waals surface area contributed by atoms with Crippen molar-refractivity contribution in [2.45, 2.75) is 74.1 Å². The number of benzene rings is 2. The maximum atomic E-state index is 9.90. The number of anilines is 4. The molecule has 0 atom stereocenters. The molecule has 0 unspecified atom stereocenters. The molecule has 0 bridgehead atoms. The van der Waals surface area contributed by atoms with Gasteiger partial charge in [0, 0.05) is 11.4 Å². The highest BCUT2D eigenvalue weighted by Gasteiger charge is 2.16. The van der Waals surface area contributed by atoms with Gasteiger partial charge in [-0.2, -0.15) is 5.26 Å². The molecule has 3 aromatic rings. The van der Waals surface area contributed by atoms with E-state index in [0.29, 0.717) is 11.4 Å². The van der Waals surface area contributed by atoms with Crippen molar-refractivity contribution >= 4 is 23.0 Å². The zero-order chi connectivity index (χ0) is 24.1. The Hall–Kier alpha value is -3.32. The summed E-state index contributed by atoms with van der Waals surface area (Å²) in [4.78, 5) is 4.90. The Morgan fingerprint density at radius 1 is 0.697 bits per heavy atom. The first kappa shape index (κ1) is 24.3. The van der Waals surface area contributed by atoms with Crippen LogP contribution in [0.5, 0.6) is 0 Å². The average molecular weight is 441 g/mol. The predicted molar refractivity (Wildman–Crippen MR) is 140 cm³/mol. The summed E-state index contributed by atoms with van der Waals surface area (Å²) in [5.41, 5.74) is 11.3. The second kappa shape index (κ2) is 10.5. The maximum Gasteiger partial charge on any atom is 0.151 e. The molecule has 2 aromatic carbocycles. The highest BCUT2D eigenvalue weighted by molar-refractivity contribution is 5.74. The molecule has 2 N–H and O–H groups in total. The minimum atomic E-state index is 0.584. The van der Waals surface area contributed by atoms with E-state index in [-0.39, 0.29) is 0 Å². The first-order chi connectivity index (χ1) is 15.8. The highest BCUT2D eigenvalue weighted by Crippen LogP contribution is 2.33. The van der Waals surface area contributed by atoms with Crippen LogP contribution in [-0.2, 0) is 25.7 Å². The Morgan fingerprint density at radius 2 is 1.12 bits per heavy atom. The van der Waals surface area contributed by atoms with Crippen LogP contribution in [0.1, 0.15) is 72.2 Å². The van der Waals surface area contributed by atoms with Gasteiger partial charge in [0.15, 0.2) is 5.82 Å². The van der Waals surface area contributed by atoms with Crippen molar-refractivity contribution < 1.29 is 0 Å². The molecular weight excluding hydrogens is 404 g/mol. The fourth-order valence-electron chi connectivity index (χ4n) is 4.53. The van der Waals surface area contributed by atoms with Crippen LogP contribution in [0.3, 0.4) is 0 Å². The smallest absolute Gasteiger partial charge is 0.151 e. The lowest BCUT2D eigenvalue weighted by Crippen LogP contribution is -2.08. The van der Waals surface area contributed by atoms with Crippen molar-refractivity contribution in [2.24, 2.45) is 0 Å². The van der Waals surface area contributed by atoms with E-state index >= 15 is 0 Å². The van der Waals surface area contributed by atoms with Crippen molar-refractivity contribution in [2.75, 3.05) is 10.6 Å². The third-order valence-corrected chi connectivity index (χ3v) is 6.24. The summed E-state index contributed by atoms with van der Waals surface area (Å²) >= 11 is 0. The van der Waals surface area contributed by atoms with E-state index < -0.39 is 0 Å². The van der Waals surface area contributed by atoms with Gasteiger partial charge in [0.25, 0.3) is 0 Å². The number of aryl methyl sites for hydroxylation is 7. The zero-order valence-corrected chi connectivity index (χ0v) is 21.1. The molecule has 172 valence electrons. The largest absolute Gasteiger partial charge is 0.340 e. The molecule has 0 fully saturated rings. The van der Waals surface area contributed by atoms with Crippen molar-refractivity contribution in [3.05, 3.63) is 74.8 Å². The second-order valence-electron chi connectivity index (χ2n) is 8.74. The first-order valence-electron chi connectivity index (χ1n) is 12.1. The minimum absolute atomic E-state index is 0.584. The van der Waals surface area contributed by atoms with Crippen LogP contribution in [0, 0.1) is 32.1 Å². The minimum Gasteiger partial charge on any atom is -0.340 e. The fourth-order valence-corrected chi connectivity index (χ4v) is 4.53. The lowest BCUT2D eigenvalue weighted by atomic mass is 9.99. The Balaban J connectivity index is 2.11. The van der Waals surface area contributed by atoms with Crippen LogP contribution >= 0.6 is 0 Å². The van der Waals surface area contributed by atoms with Crippen molar-refractivity contribution in [3.63, 3.8) is 0 Å². The summed E-state index contributed by atoms with van der Waals surface area (Å²) in [5, 5.41) is 17.0. The van der Waals surface area contributed by atoms with Crippen LogP contribution < -0.4 is 10.6 Å². The molecular formula is C29H36N4. The predicted octanol–water partition coefficient (Wildman–Crippen LogP) is 7.62. The number of rotatable bonds is 8. The van der Waals surface area contributed by atoms with Crippen LogP contribution in [0.2, 0.25) is 0 Å². The molecule has 4 heteroatoms. The van der Waals surface area contributed by atoms with Gasteiger partial charge >= 0.3 is 0 Å². The quantitative estimate of drug-likeness (QED) is 0.378. The molecule has 1 heterocycles. The molecule has 0 aliphatic heterocycles. The third kappa shape index (κ3) is 5.20. The van der Waals surface area contributed by atoms with Crippen molar-refractivity contribution in [1.29, 1.82) is 5.26 Å². The van der Waals surface area contributed by atoms with Gasteiger partial charge in [0.1, 0.15) is 11.9 Å². The Labute approximate surface area is 199 Å². The molecule has 3 rings (SSSR count). The van der Waals surface area contributed by atoms with E-state index in [1.807, 2.05) is 13.0 Å². The normalized spacial score (nSPS) is 10.7. The van der Waals surface area contributed by atoms with Crippen LogP contribution in [-0.4, -0.2) is 4.98 Å². The Morgan fingerprint density at radius 3 is 1.52 bits per heavy atom. The number of nitrogens with zero attached hydrogens (tertiary/aromatic N) is 2. The molecule has 0 saturated carbocycles. The zero-order valence-electron chi connectivity index (χ0n) is 21.1. The molecule has 1 aromatic heterocycles. The van der Waals surface area contributed by atoms with E-state index in [0.717, 1.165) is 48.4 Å². The van der Waals surface area contributed by atoms with Gasteiger partial charge in [-0.1, -0.05) is 63.1 Å². The molecule has 0 saturated heterocycles. The summed E-state index contributed by atoms with van der Waals surface area (Å²) < 4.78 is 0. The van der Waals surface area contributed by atoms with Crippen molar-refractivity contribution in [1.82, 2.24) is 4.98 Å². The summed E-state index contributed by atoms with van der Waals surface area (Å²) in [6, 6.07) is 13.3. The van der Waals surface area contributed by atoms with E-state index in [1.165, 1.54) is 33.4 Å². The Bertz CT molecular complexity index is 1150. The number of aromatic nitrogens is 1. The number of hydrogen-bond donors (Lipinski definition) is 2. The topological polar surface area (TPSA) is 60.7 Å². The fraction of sp³-hybridized carbons (Fsp3) is 0.379. The lowest BCUT2D eigenvalue weighted by Gasteiger charge is -2.20. The van der Waals surface area contributed by atoms with Gasteiger partial charge in [-0.25, -0.2) is 4.98 Å². The molecule has 0 amide bonds. The standard InChI is InChI=1S/C29H36N4/c1-8-21-12-18(5)13-22(9-2)27(21)31-26-16-20(7)25(17-30)29(32-26)33-28-23(10-3)14-19(6)15-24(28)11-4/h12-16H,8-11H2,1-7H3,(H2,31,32,33). The van der Waals surface area contributed by atoms with Gasteiger partial charge in [0.2, 0.25) is 0 Å². The van der Waals surface area contributed by atoms with Crippen molar-refractivity contribution in [3.8, 4) is 6.07 Å². The molecule has 0 aliphatic carbocycles. The van der Waals surface area contributed by atoms with Crippen LogP contribution in [0.15, 0.2) is 30.3 Å². The van der Waals surface area contributed by atoms with Gasteiger partial charge in [-0.15, -0.1) is 0 Å². The number of nitrogens with one attached hydrogen (secondary N) is 2. The lowest BCUT2D eigenvalue weighted by molar-refractivity contribution is 1.07. The van der Waals surface area contributed by atoms with Crippen LogP contribution in [0.4, 0.5) is 23.0 Å². The summed E-state index contributed by atoms with van der Waals surface area (Å²) in [5.74, 6) is 1.36. The SMILES string of the molecule is CCc1cc(C)cc(CC)c1Nc1cc(C)c(C#N)c(Nc2c(CC)cc(C)cc2CC)n1. The van der Waals surface area contributed by atoms with Gasteiger partial charge in [-0.3, -0.25) is 0 Å². The molecule has 33 heavy (non-hydrogen) atoms. The maximum absolute atomic E-state index is 9.90. The number of hydrogen-bond acceptors (Lipinski definition) is 4. The van der Waals surface area contributed by atoms with E-state index in [4.69, 9.17) is 4.98 Å². The van der Waals surface area contributed by atoms with Gasteiger partial charge in [-0.05, 0) is 80.3 Å². The van der Waals surface area contributed by atoms with E-state index in [2.05, 4.69) is 82.5 Å². The first-order valence-corrected chi connectivity index (χ1v) is 12.1. The molecule has 4 nitrogen and oxygen atoms in total. The third-order valence-electron chi connectivity index (χ3n) is 6.24. The van der Waals surface area contributed by atoms with E-state index in [9.17, 15) is 5.26 Å². The average Bonchev–Trinajstić information content (AvgIpc) is 2.80. The van der Waals surface area contributed by atoms with E-state index in [1.54, 1.807) is 0 Å². The molecule has 0 spiro atoms. The monoisotopic (exact) mass is 440 g/mol. The Kier molecular flexibility index (Phi) is 7.76. The molecule has 0 radical (unpaired) electrons. The summed E-state index contributed by atoms with van der Waals surface area (Å²) in [6.07, 6.45) is 3.72. The molecule has 0 aliphatic rings. The highest BCUT2D eigenvalue weighted by atomic mass is 15.1. The van der Waals surface area contributed by atoms with Gasteiger partial charge < -0.3 is 10.6 Å². The van der Waals surface area contributed by atoms with Gasteiger partial charge in [0.05, 0.1) is 5.56 Å².